The molecule has 0 saturated heterocycles. The fraction of sp³-hybridized carbons (Fsp3) is 0.303. The van der Waals surface area contributed by atoms with Gasteiger partial charge < -0.3 is 10.7 Å². The zero-order valence-corrected chi connectivity index (χ0v) is 22.3. The molecule has 35 heavy (non-hydrogen) atoms. The van der Waals surface area contributed by atoms with Gasteiger partial charge in [0.1, 0.15) is 0 Å². The highest BCUT2D eigenvalue weighted by Crippen LogP contribution is 2.27. The zero-order valence-electron chi connectivity index (χ0n) is 22.3. The molecule has 0 aromatic heterocycles. The van der Waals surface area contributed by atoms with E-state index in [4.69, 9.17) is 5.41 Å². The van der Waals surface area contributed by atoms with Crippen LogP contribution < -0.4 is 5.32 Å². The highest BCUT2D eigenvalue weighted by molar-refractivity contribution is 5.96. The van der Waals surface area contributed by atoms with E-state index in [2.05, 4.69) is 113 Å². The lowest BCUT2D eigenvalue weighted by atomic mass is 9.92. The van der Waals surface area contributed by atoms with Crippen LogP contribution in [0.5, 0.6) is 0 Å². The first-order valence-corrected chi connectivity index (χ1v) is 12.5. The summed E-state index contributed by atoms with van der Waals surface area (Å²) in [7, 11) is 0. The minimum atomic E-state index is 0.0647. The lowest BCUT2D eigenvalue weighted by Gasteiger charge is -2.24. The van der Waals surface area contributed by atoms with Gasteiger partial charge >= 0.3 is 0 Å². The summed E-state index contributed by atoms with van der Waals surface area (Å²) >= 11 is 0. The lowest BCUT2D eigenvalue weighted by molar-refractivity contribution is 0.674. The van der Waals surface area contributed by atoms with Gasteiger partial charge in [-0.15, -0.1) is 0 Å². The van der Waals surface area contributed by atoms with Crippen LogP contribution in [0.2, 0.25) is 0 Å². The van der Waals surface area contributed by atoms with Crippen molar-refractivity contribution in [2.75, 3.05) is 0 Å². The highest BCUT2D eigenvalue weighted by Gasteiger charge is 2.17. The van der Waals surface area contributed by atoms with Gasteiger partial charge in [-0.05, 0) is 87.8 Å². The van der Waals surface area contributed by atoms with E-state index in [0.717, 1.165) is 25.0 Å². The Hall–Kier alpha value is -3.39. The molecule has 0 heterocycles. The van der Waals surface area contributed by atoms with E-state index < -0.39 is 0 Å². The molecule has 1 atom stereocenters. The molecule has 0 saturated carbocycles. The molecule has 0 fully saturated rings. The molecule has 0 aliphatic carbocycles. The molecule has 2 nitrogen and oxygen atoms in total. The number of hydrogen-bond acceptors (Lipinski definition) is 2. The largest absolute Gasteiger partial charge is 0.378 e. The summed E-state index contributed by atoms with van der Waals surface area (Å²) in [5.41, 5.74) is 13.0. The average Bonchev–Trinajstić information content (AvgIpc) is 2.79. The highest BCUT2D eigenvalue weighted by atomic mass is 14.9. The third-order valence-corrected chi connectivity index (χ3v) is 6.66. The van der Waals surface area contributed by atoms with Crippen molar-refractivity contribution in [1.29, 1.82) is 5.41 Å². The third-order valence-electron chi connectivity index (χ3n) is 6.66. The molecule has 0 aliphatic heterocycles. The van der Waals surface area contributed by atoms with Gasteiger partial charge in [0.15, 0.2) is 0 Å². The Bertz CT molecular complexity index is 1210. The first-order valence-electron chi connectivity index (χ1n) is 12.5. The van der Waals surface area contributed by atoms with E-state index in [-0.39, 0.29) is 6.04 Å². The topological polar surface area (TPSA) is 35.9 Å². The van der Waals surface area contributed by atoms with E-state index in [1.807, 2.05) is 6.92 Å². The van der Waals surface area contributed by atoms with Crippen LogP contribution in [-0.4, -0.2) is 5.71 Å². The molecular formula is C33H40N2. The van der Waals surface area contributed by atoms with Crippen LogP contribution in [0, 0.1) is 26.2 Å². The van der Waals surface area contributed by atoms with E-state index in [0.29, 0.717) is 5.71 Å². The van der Waals surface area contributed by atoms with Gasteiger partial charge in [0.05, 0.1) is 6.04 Å². The van der Waals surface area contributed by atoms with Crippen LogP contribution in [0.25, 0.3) is 0 Å². The molecule has 0 aliphatic rings. The van der Waals surface area contributed by atoms with E-state index in [1.54, 1.807) is 0 Å². The molecule has 1 unspecified atom stereocenters. The van der Waals surface area contributed by atoms with Gasteiger partial charge in [-0.3, -0.25) is 0 Å². The van der Waals surface area contributed by atoms with Gasteiger partial charge in [-0.1, -0.05) is 90.0 Å². The van der Waals surface area contributed by atoms with Crippen LogP contribution >= 0.6 is 0 Å². The summed E-state index contributed by atoms with van der Waals surface area (Å²) in [6.07, 6.45) is 2.66. The molecule has 3 rings (SSSR count). The minimum absolute atomic E-state index is 0.0647. The van der Waals surface area contributed by atoms with E-state index >= 15 is 0 Å². The smallest absolute Gasteiger partial charge is 0.0767 e. The van der Waals surface area contributed by atoms with E-state index in [1.165, 1.54) is 50.1 Å². The Balaban J connectivity index is 1.72. The average molecular weight is 465 g/mol. The number of hydrogen-bond donors (Lipinski definition) is 2. The van der Waals surface area contributed by atoms with Crippen LogP contribution in [-0.2, 0) is 12.8 Å². The Morgan fingerprint density at radius 2 is 1.43 bits per heavy atom. The molecule has 0 radical (unpaired) electrons. The number of aryl methyl sites for hydroxylation is 4. The maximum absolute atomic E-state index is 8.00. The second-order valence-electron chi connectivity index (χ2n) is 10.0. The van der Waals surface area contributed by atoms with Gasteiger partial charge in [-0.2, -0.15) is 0 Å². The molecule has 3 aromatic rings. The van der Waals surface area contributed by atoms with Gasteiger partial charge in [-0.25, -0.2) is 0 Å². The van der Waals surface area contributed by atoms with Gasteiger partial charge in [0.2, 0.25) is 0 Å². The predicted molar refractivity (Wildman–Crippen MR) is 151 cm³/mol. The SMILES string of the molecule is C=C(Cc1ccc(CCC(C(C)=N)=C(C)C)cc1)NC(c1ccc(C)cc1)c1ccc(C)cc1C. The quantitative estimate of drug-likeness (QED) is 0.291. The summed E-state index contributed by atoms with van der Waals surface area (Å²) in [6.45, 7) is 16.9. The van der Waals surface area contributed by atoms with Crippen molar-refractivity contribution in [1.82, 2.24) is 5.32 Å². The molecule has 0 amide bonds. The maximum atomic E-state index is 8.00. The van der Waals surface area contributed by atoms with Crippen molar-refractivity contribution in [3.63, 3.8) is 0 Å². The van der Waals surface area contributed by atoms with Crippen molar-refractivity contribution in [2.24, 2.45) is 0 Å². The summed E-state index contributed by atoms with van der Waals surface area (Å²) < 4.78 is 0. The first-order chi connectivity index (χ1) is 16.6. The molecule has 0 spiro atoms. The molecule has 3 aromatic carbocycles. The summed E-state index contributed by atoms with van der Waals surface area (Å²) in [4.78, 5) is 0. The molecule has 182 valence electrons. The zero-order chi connectivity index (χ0) is 25.5. The first kappa shape index (κ1) is 26.2. The Morgan fingerprint density at radius 1 is 0.829 bits per heavy atom. The van der Waals surface area contributed by atoms with Crippen molar-refractivity contribution < 1.29 is 0 Å². The lowest BCUT2D eigenvalue weighted by Crippen LogP contribution is -2.23. The fourth-order valence-electron chi connectivity index (χ4n) is 4.66. The van der Waals surface area contributed by atoms with Crippen molar-refractivity contribution in [2.45, 2.75) is 66.8 Å². The Kier molecular flexibility index (Phi) is 8.87. The standard InChI is InChI=1S/C33H40N2/c1-22(2)31(27(7)34)19-15-28-11-13-29(14-12-28)21-26(6)35-33(30-16-8-23(3)9-17-30)32-18-10-24(4)20-25(32)5/h8-14,16-18,20,33-35H,6,15,19,21H2,1-5,7H3. The van der Waals surface area contributed by atoms with Crippen molar-refractivity contribution >= 4 is 5.71 Å². The van der Waals surface area contributed by atoms with Gasteiger partial charge in [0.25, 0.3) is 0 Å². The second kappa shape index (κ2) is 11.8. The monoisotopic (exact) mass is 464 g/mol. The molecular weight excluding hydrogens is 424 g/mol. The van der Waals surface area contributed by atoms with Crippen LogP contribution in [0.1, 0.15) is 72.2 Å². The van der Waals surface area contributed by atoms with Crippen molar-refractivity contribution in [3.8, 4) is 0 Å². The minimum Gasteiger partial charge on any atom is -0.378 e. The fourth-order valence-corrected chi connectivity index (χ4v) is 4.66. The third kappa shape index (κ3) is 7.29. The van der Waals surface area contributed by atoms with Crippen LogP contribution in [0.3, 0.4) is 0 Å². The Morgan fingerprint density at radius 3 is 2.00 bits per heavy atom. The second-order valence-corrected chi connectivity index (χ2v) is 10.0. The predicted octanol–water partition coefficient (Wildman–Crippen LogP) is 8.36. The normalized spacial score (nSPS) is 11.6. The number of benzene rings is 3. The number of allylic oxidation sites excluding steroid dienone is 3. The van der Waals surface area contributed by atoms with Crippen molar-refractivity contribution in [3.05, 3.63) is 129 Å². The Labute approximate surface area is 212 Å². The molecule has 2 heteroatoms. The van der Waals surface area contributed by atoms with E-state index in [9.17, 15) is 0 Å². The maximum Gasteiger partial charge on any atom is 0.0767 e. The number of nitrogens with one attached hydrogen (secondary N) is 2. The summed E-state index contributed by atoms with van der Waals surface area (Å²) in [6, 6.07) is 24.4. The molecule has 0 bridgehead atoms. The van der Waals surface area contributed by atoms with Crippen LogP contribution in [0.4, 0.5) is 0 Å². The summed E-state index contributed by atoms with van der Waals surface area (Å²) in [5, 5.41) is 11.7. The van der Waals surface area contributed by atoms with Gasteiger partial charge in [0, 0.05) is 17.8 Å². The molecule has 2 N–H and O–H groups in total. The number of rotatable bonds is 10. The van der Waals surface area contributed by atoms with Crippen LogP contribution in [0.15, 0.2) is 90.2 Å². The summed E-state index contributed by atoms with van der Waals surface area (Å²) in [5.74, 6) is 0.